The molecule has 5 nitrogen and oxygen atoms in total. The van der Waals surface area contributed by atoms with Gasteiger partial charge in [-0.2, -0.15) is 0 Å². The van der Waals surface area contributed by atoms with Gasteiger partial charge in [0.15, 0.2) is 0 Å². The average molecular weight is 317 g/mol. The molecular weight excluding hydrogens is 304 g/mol. The van der Waals surface area contributed by atoms with E-state index in [4.69, 9.17) is 21.1 Å². The van der Waals surface area contributed by atoms with Gasteiger partial charge in [0.25, 0.3) is 5.56 Å². The summed E-state index contributed by atoms with van der Waals surface area (Å²) in [7, 11) is 3.13. The number of rotatable bonds is 3. The minimum atomic E-state index is -0.218. The highest BCUT2D eigenvalue weighted by molar-refractivity contribution is 6.30. The largest absolute Gasteiger partial charge is 0.497 e. The summed E-state index contributed by atoms with van der Waals surface area (Å²) in [6, 6.07) is 8.70. The normalized spacial score (nSPS) is 10.7. The number of aromatic amines is 1. The number of aromatic nitrogens is 2. The number of nitrogens with one attached hydrogen (secondary N) is 1. The molecule has 0 saturated heterocycles. The van der Waals surface area contributed by atoms with Crippen LogP contribution in [-0.2, 0) is 0 Å². The van der Waals surface area contributed by atoms with E-state index in [-0.39, 0.29) is 5.56 Å². The van der Waals surface area contributed by atoms with Crippen molar-refractivity contribution in [3.63, 3.8) is 0 Å². The second-order valence-corrected chi connectivity index (χ2v) is 5.10. The number of H-pyrrole nitrogens is 1. The van der Waals surface area contributed by atoms with Crippen molar-refractivity contribution in [1.29, 1.82) is 0 Å². The number of methoxy groups -OCH3 is 2. The summed E-state index contributed by atoms with van der Waals surface area (Å²) in [6.07, 6.45) is 1.62. The number of halogens is 1. The Hall–Kier alpha value is -2.53. The van der Waals surface area contributed by atoms with Gasteiger partial charge in [0, 0.05) is 23.2 Å². The fraction of sp³-hybridized carbons (Fsp3) is 0.125. The molecule has 0 unspecified atom stereocenters. The van der Waals surface area contributed by atoms with E-state index >= 15 is 0 Å². The average Bonchev–Trinajstić information content (AvgIpc) is 2.53. The molecule has 0 fully saturated rings. The number of fused-ring (bicyclic) bond motifs is 1. The Bertz CT molecular complexity index is 883. The molecule has 0 spiro atoms. The van der Waals surface area contributed by atoms with Crippen LogP contribution in [0.3, 0.4) is 0 Å². The molecule has 22 heavy (non-hydrogen) atoms. The topological polar surface area (TPSA) is 64.2 Å². The van der Waals surface area contributed by atoms with Crippen LogP contribution in [0, 0.1) is 0 Å². The van der Waals surface area contributed by atoms with Crippen LogP contribution in [0.15, 0.2) is 41.3 Å². The van der Waals surface area contributed by atoms with Gasteiger partial charge in [0.2, 0.25) is 0 Å². The SMILES string of the molecule is COc1cc(OC)cc(-c2cc3cnc(Cl)cc3[nH]c2=O)c1. The molecule has 2 aromatic heterocycles. The van der Waals surface area contributed by atoms with Crippen LogP contribution in [-0.4, -0.2) is 24.2 Å². The number of benzene rings is 1. The zero-order valence-corrected chi connectivity index (χ0v) is 12.8. The van der Waals surface area contributed by atoms with E-state index in [2.05, 4.69) is 9.97 Å². The van der Waals surface area contributed by atoms with Gasteiger partial charge in [-0.1, -0.05) is 11.6 Å². The van der Waals surface area contributed by atoms with Gasteiger partial charge in [-0.25, -0.2) is 4.98 Å². The highest BCUT2D eigenvalue weighted by atomic mass is 35.5. The van der Waals surface area contributed by atoms with Gasteiger partial charge in [0.1, 0.15) is 16.7 Å². The van der Waals surface area contributed by atoms with Crippen LogP contribution in [0.25, 0.3) is 22.0 Å². The summed E-state index contributed by atoms with van der Waals surface area (Å²) in [6.45, 7) is 0. The van der Waals surface area contributed by atoms with Gasteiger partial charge in [-0.05, 0) is 29.8 Å². The van der Waals surface area contributed by atoms with Crippen molar-refractivity contribution >= 4 is 22.5 Å². The summed E-state index contributed by atoms with van der Waals surface area (Å²) >= 11 is 5.84. The Morgan fingerprint density at radius 2 is 1.73 bits per heavy atom. The second-order valence-electron chi connectivity index (χ2n) is 4.71. The lowest BCUT2D eigenvalue weighted by molar-refractivity contribution is 0.394. The van der Waals surface area contributed by atoms with Crippen LogP contribution >= 0.6 is 11.6 Å². The minimum Gasteiger partial charge on any atom is -0.497 e. The Kier molecular flexibility index (Phi) is 3.73. The maximum atomic E-state index is 12.3. The fourth-order valence-electron chi connectivity index (χ4n) is 2.25. The van der Waals surface area contributed by atoms with Crippen molar-refractivity contribution in [3.8, 4) is 22.6 Å². The first kappa shape index (κ1) is 14.4. The second kappa shape index (κ2) is 5.69. The van der Waals surface area contributed by atoms with Gasteiger partial charge in [0.05, 0.1) is 19.7 Å². The first-order valence-electron chi connectivity index (χ1n) is 6.53. The van der Waals surface area contributed by atoms with Crippen molar-refractivity contribution in [3.05, 3.63) is 52.0 Å². The lowest BCUT2D eigenvalue weighted by Gasteiger charge is -2.09. The summed E-state index contributed by atoms with van der Waals surface area (Å²) in [5.41, 5.74) is 1.64. The number of hydrogen-bond acceptors (Lipinski definition) is 4. The van der Waals surface area contributed by atoms with Gasteiger partial charge < -0.3 is 14.5 Å². The van der Waals surface area contributed by atoms with Crippen molar-refractivity contribution in [2.75, 3.05) is 14.2 Å². The van der Waals surface area contributed by atoms with Crippen LogP contribution in [0.5, 0.6) is 11.5 Å². The van der Waals surface area contributed by atoms with Crippen LogP contribution in [0.2, 0.25) is 5.15 Å². The van der Waals surface area contributed by atoms with Gasteiger partial charge in [-0.3, -0.25) is 4.79 Å². The molecule has 0 amide bonds. The molecule has 0 saturated carbocycles. The molecule has 2 heterocycles. The quantitative estimate of drug-likeness (QED) is 0.753. The molecule has 1 aromatic carbocycles. The Balaban J connectivity index is 2.23. The fourth-order valence-corrected chi connectivity index (χ4v) is 2.41. The van der Waals surface area contributed by atoms with E-state index in [0.29, 0.717) is 33.3 Å². The Labute approximate surface area is 131 Å². The van der Waals surface area contributed by atoms with Crippen molar-refractivity contribution in [2.45, 2.75) is 0 Å². The Morgan fingerprint density at radius 3 is 2.36 bits per heavy atom. The maximum Gasteiger partial charge on any atom is 0.256 e. The van der Waals surface area contributed by atoms with E-state index < -0.39 is 0 Å². The molecule has 112 valence electrons. The lowest BCUT2D eigenvalue weighted by atomic mass is 10.0. The molecular formula is C16H13ClN2O3. The third-order valence-corrected chi connectivity index (χ3v) is 3.56. The standard InChI is InChI=1S/C16H13ClN2O3/c1-21-11-3-9(4-12(6-11)22-2)13-5-10-8-18-15(17)7-14(10)19-16(13)20/h3-8H,1-2H3,(H,19,20). The predicted octanol–water partition coefficient (Wildman–Crippen LogP) is 3.26. The van der Waals surface area contributed by atoms with Crippen LogP contribution < -0.4 is 15.0 Å². The smallest absolute Gasteiger partial charge is 0.256 e. The summed E-state index contributed by atoms with van der Waals surface area (Å²) < 4.78 is 10.5. The van der Waals surface area contributed by atoms with Crippen molar-refractivity contribution < 1.29 is 9.47 Å². The zero-order valence-electron chi connectivity index (χ0n) is 12.0. The van der Waals surface area contributed by atoms with E-state index in [1.165, 1.54) is 0 Å². The molecule has 0 atom stereocenters. The van der Waals surface area contributed by atoms with E-state index in [1.807, 2.05) is 0 Å². The third-order valence-electron chi connectivity index (χ3n) is 3.36. The predicted molar refractivity (Wildman–Crippen MR) is 85.9 cm³/mol. The number of hydrogen-bond donors (Lipinski definition) is 1. The first-order chi connectivity index (χ1) is 10.6. The van der Waals surface area contributed by atoms with E-state index in [1.54, 1.807) is 50.7 Å². The molecule has 0 radical (unpaired) electrons. The van der Waals surface area contributed by atoms with E-state index in [0.717, 1.165) is 5.39 Å². The minimum absolute atomic E-state index is 0.218. The Morgan fingerprint density at radius 1 is 1.05 bits per heavy atom. The van der Waals surface area contributed by atoms with Crippen molar-refractivity contribution in [2.24, 2.45) is 0 Å². The number of ether oxygens (including phenoxy) is 2. The van der Waals surface area contributed by atoms with Crippen LogP contribution in [0.4, 0.5) is 0 Å². The lowest BCUT2D eigenvalue weighted by Crippen LogP contribution is -2.09. The molecule has 3 rings (SSSR count). The highest BCUT2D eigenvalue weighted by Crippen LogP contribution is 2.29. The monoisotopic (exact) mass is 316 g/mol. The number of pyridine rings is 2. The molecule has 3 aromatic rings. The summed E-state index contributed by atoms with van der Waals surface area (Å²) in [5, 5.41) is 1.12. The van der Waals surface area contributed by atoms with Gasteiger partial charge in [-0.15, -0.1) is 0 Å². The molecule has 0 aliphatic heterocycles. The summed E-state index contributed by atoms with van der Waals surface area (Å²) in [4.78, 5) is 19.2. The van der Waals surface area contributed by atoms with Gasteiger partial charge >= 0.3 is 0 Å². The van der Waals surface area contributed by atoms with E-state index in [9.17, 15) is 4.79 Å². The molecule has 0 bridgehead atoms. The number of nitrogens with zero attached hydrogens (tertiary/aromatic N) is 1. The first-order valence-corrected chi connectivity index (χ1v) is 6.90. The highest BCUT2D eigenvalue weighted by Gasteiger charge is 2.10. The third kappa shape index (κ3) is 2.63. The molecule has 0 aliphatic carbocycles. The molecule has 6 heteroatoms. The summed E-state index contributed by atoms with van der Waals surface area (Å²) in [5.74, 6) is 1.23. The van der Waals surface area contributed by atoms with Crippen molar-refractivity contribution in [1.82, 2.24) is 9.97 Å². The molecule has 1 N–H and O–H groups in total. The maximum absolute atomic E-state index is 12.3. The van der Waals surface area contributed by atoms with Crippen LogP contribution in [0.1, 0.15) is 0 Å². The molecule has 0 aliphatic rings. The zero-order chi connectivity index (χ0) is 15.7.